The smallest absolute Gasteiger partial charge is 0.194 e. The van der Waals surface area contributed by atoms with Gasteiger partial charge in [-0.25, -0.2) is 23.1 Å². The number of halogens is 3. The summed E-state index contributed by atoms with van der Waals surface area (Å²) in [7, 11) is 0. The molecule has 5 atom stereocenters. The molecule has 1 aliphatic carbocycles. The van der Waals surface area contributed by atoms with Gasteiger partial charge in [0.15, 0.2) is 17.5 Å². The number of hydrogen-bond donors (Lipinski definition) is 3. The van der Waals surface area contributed by atoms with Gasteiger partial charge in [-0.1, -0.05) is 0 Å². The molecule has 1 aliphatic rings. The fourth-order valence-corrected chi connectivity index (χ4v) is 3.99. The summed E-state index contributed by atoms with van der Waals surface area (Å²) in [5.41, 5.74) is 1.12. The molecular formula is C19H18F3N3O3. The van der Waals surface area contributed by atoms with Crippen molar-refractivity contribution < 1.29 is 28.5 Å². The molecule has 1 aromatic carbocycles. The lowest BCUT2D eigenvalue weighted by Crippen LogP contribution is -2.31. The van der Waals surface area contributed by atoms with E-state index in [-0.39, 0.29) is 12.0 Å². The molecule has 9 heteroatoms. The Morgan fingerprint density at radius 1 is 1.11 bits per heavy atom. The normalized spacial score (nSPS) is 26.1. The lowest BCUT2D eigenvalue weighted by Gasteiger charge is -2.22. The molecule has 1 saturated carbocycles. The molecule has 3 unspecified atom stereocenters. The maximum atomic E-state index is 13.5. The van der Waals surface area contributed by atoms with E-state index in [4.69, 9.17) is 0 Å². The molecule has 2 heterocycles. The number of fused-ring (bicyclic) bond motifs is 1. The van der Waals surface area contributed by atoms with E-state index in [1.807, 2.05) is 6.92 Å². The van der Waals surface area contributed by atoms with Gasteiger partial charge in [-0.15, -0.1) is 0 Å². The minimum absolute atomic E-state index is 0.122. The molecule has 1 fully saturated rings. The minimum Gasteiger partial charge on any atom is -0.390 e. The molecule has 6 nitrogen and oxygen atoms in total. The molecule has 148 valence electrons. The Morgan fingerprint density at radius 2 is 1.79 bits per heavy atom. The summed E-state index contributed by atoms with van der Waals surface area (Å²) in [5, 5.41) is 32.4. The molecule has 0 bridgehead atoms. The van der Waals surface area contributed by atoms with Crippen LogP contribution in [0.1, 0.15) is 29.8 Å². The van der Waals surface area contributed by atoms with Crippen molar-refractivity contribution in [3.63, 3.8) is 0 Å². The summed E-state index contributed by atoms with van der Waals surface area (Å²) >= 11 is 0. The molecule has 0 spiro atoms. The highest BCUT2D eigenvalue weighted by Gasteiger charge is 2.46. The van der Waals surface area contributed by atoms with Crippen LogP contribution in [0, 0.1) is 30.3 Å². The van der Waals surface area contributed by atoms with Gasteiger partial charge >= 0.3 is 0 Å². The Morgan fingerprint density at radius 3 is 2.46 bits per heavy atom. The summed E-state index contributed by atoms with van der Waals surface area (Å²) in [4.78, 5) is 8.33. The molecule has 0 amide bonds. The van der Waals surface area contributed by atoms with E-state index in [1.54, 1.807) is 16.8 Å². The third-order valence-corrected chi connectivity index (χ3v) is 5.52. The summed E-state index contributed by atoms with van der Waals surface area (Å²) in [6.07, 6.45) is -0.854. The van der Waals surface area contributed by atoms with Crippen molar-refractivity contribution in [1.29, 1.82) is 0 Å². The van der Waals surface area contributed by atoms with Crippen molar-refractivity contribution in [1.82, 2.24) is 14.5 Å². The van der Waals surface area contributed by atoms with Crippen LogP contribution in [0.3, 0.4) is 0 Å². The molecule has 0 aliphatic heterocycles. The number of aliphatic hydroxyl groups excluding tert-OH is 3. The second-order valence-electron chi connectivity index (χ2n) is 7.11. The predicted octanol–water partition coefficient (Wildman–Crippen LogP) is 2.17. The molecule has 0 radical (unpaired) electrons. The van der Waals surface area contributed by atoms with E-state index in [2.05, 4.69) is 9.97 Å². The van der Waals surface area contributed by atoms with Gasteiger partial charge in [-0.3, -0.25) is 0 Å². The van der Waals surface area contributed by atoms with Crippen LogP contribution in [0.4, 0.5) is 13.2 Å². The number of nitrogens with zero attached hydrogens (tertiary/aromatic N) is 3. The van der Waals surface area contributed by atoms with Gasteiger partial charge in [0, 0.05) is 17.5 Å². The van der Waals surface area contributed by atoms with Crippen LogP contribution < -0.4 is 0 Å². The lowest BCUT2D eigenvalue weighted by atomic mass is 9.92. The number of aryl methyl sites for hydroxylation is 1. The number of aliphatic hydroxyl groups is 3. The zero-order valence-electron chi connectivity index (χ0n) is 14.8. The fourth-order valence-electron chi connectivity index (χ4n) is 3.99. The standard InChI is InChI=1S/C19H18F3N3O3/c1-8-10-2-3-25(19(10)24-7-23-8)14-6-11(17(27)18(14)28)16(26)9-4-12(20)15(22)13(21)5-9/h2-5,7,11,14,16-18,26-28H,6H2,1H3/t11?,14?,16?,17-,18+/m1/s1. The Hall–Kier alpha value is -2.49. The maximum Gasteiger partial charge on any atom is 0.194 e. The Kier molecular flexibility index (Phi) is 4.60. The first kappa shape index (κ1) is 18.9. The molecule has 3 aromatic rings. The second-order valence-corrected chi connectivity index (χ2v) is 7.11. The molecule has 2 aromatic heterocycles. The number of aromatic nitrogens is 3. The van der Waals surface area contributed by atoms with Crippen LogP contribution in [0.25, 0.3) is 11.0 Å². The van der Waals surface area contributed by atoms with E-state index in [9.17, 15) is 28.5 Å². The monoisotopic (exact) mass is 393 g/mol. The highest BCUT2D eigenvalue weighted by molar-refractivity contribution is 5.78. The quantitative estimate of drug-likeness (QED) is 0.594. The number of benzene rings is 1. The molecule has 28 heavy (non-hydrogen) atoms. The number of rotatable bonds is 3. The van der Waals surface area contributed by atoms with Gasteiger partial charge in [-0.05, 0) is 37.1 Å². The lowest BCUT2D eigenvalue weighted by molar-refractivity contribution is -0.0266. The van der Waals surface area contributed by atoms with Crippen molar-refractivity contribution >= 4 is 11.0 Å². The van der Waals surface area contributed by atoms with E-state index >= 15 is 0 Å². The summed E-state index contributed by atoms with van der Waals surface area (Å²) < 4.78 is 41.9. The van der Waals surface area contributed by atoms with Crippen molar-refractivity contribution in [2.75, 3.05) is 0 Å². The van der Waals surface area contributed by atoms with Gasteiger partial charge in [0.25, 0.3) is 0 Å². The predicted molar refractivity (Wildman–Crippen MR) is 92.7 cm³/mol. The topological polar surface area (TPSA) is 91.4 Å². The van der Waals surface area contributed by atoms with Crippen molar-refractivity contribution in [2.24, 2.45) is 5.92 Å². The maximum absolute atomic E-state index is 13.5. The Bertz CT molecular complexity index is 1020. The molecular weight excluding hydrogens is 375 g/mol. The van der Waals surface area contributed by atoms with Crippen molar-refractivity contribution in [3.8, 4) is 0 Å². The van der Waals surface area contributed by atoms with Crippen molar-refractivity contribution in [2.45, 2.75) is 37.7 Å². The minimum atomic E-state index is -1.63. The van der Waals surface area contributed by atoms with Crippen LogP contribution in [0.2, 0.25) is 0 Å². The zero-order chi connectivity index (χ0) is 20.2. The second kappa shape index (κ2) is 6.84. The molecule has 3 N–H and O–H groups in total. The fraction of sp³-hybridized carbons (Fsp3) is 0.368. The Balaban J connectivity index is 1.67. The third kappa shape index (κ3) is 2.86. The van der Waals surface area contributed by atoms with Crippen molar-refractivity contribution in [3.05, 3.63) is 59.4 Å². The average Bonchev–Trinajstić information content (AvgIpc) is 3.21. The third-order valence-electron chi connectivity index (χ3n) is 5.52. The van der Waals surface area contributed by atoms with E-state index in [1.165, 1.54) is 6.33 Å². The Labute approximate surface area is 157 Å². The van der Waals surface area contributed by atoms with Gasteiger partial charge in [0.05, 0.1) is 23.9 Å². The molecule has 4 rings (SSSR count). The van der Waals surface area contributed by atoms with Gasteiger partial charge in [-0.2, -0.15) is 0 Å². The summed E-state index contributed by atoms with van der Waals surface area (Å²) in [6.45, 7) is 1.82. The first-order chi connectivity index (χ1) is 13.3. The highest BCUT2D eigenvalue weighted by Crippen LogP contribution is 2.43. The summed E-state index contributed by atoms with van der Waals surface area (Å²) in [5.74, 6) is -5.40. The highest BCUT2D eigenvalue weighted by atomic mass is 19.2. The first-order valence-corrected chi connectivity index (χ1v) is 8.76. The van der Waals surface area contributed by atoms with Crippen LogP contribution >= 0.6 is 0 Å². The van der Waals surface area contributed by atoms with E-state index in [0.717, 1.165) is 11.1 Å². The largest absolute Gasteiger partial charge is 0.390 e. The van der Waals surface area contributed by atoms with Crippen LogP contribution in [0.5, 0.6) is 0 Å². The average molecular weight is 393 g/mol. The number of hydrogen-bond acceptors (Lipinski definition) is 5. The molecule has 0 saturated heterocycles. The first-order valence-electron chi connectivity index (χ1n) is 8.76. The van der Waals surface area contributed by atoms with Crippen LogP contribution in [-0.2, 0) is 0 Å². The summed E-state index contributed by atoms with van der Waals surface area (Å²) in [6, 6.07) is 2.56. The van der Waals surface area contributed by atoms with Gasteiger partial charge in [0.2, 0.25) is 0 Å². The van der Waals surface area contributed by atoms with E-state index in [0.29, 0.717) is 17.8 Å². The van der Waals surface area contributed by atoms with Crippen LogP contribution in [0.15, 0.2) is 30.7 Å². The van der Waals surface area contributed by atoms with Gasteiger partial charge in [0.1, 0.15) is 18.1 Å². The van der Waals surface area contributed by atoms with E-state index < -0.39 is 47.7 Å². The SMILES string of the molecule is Cc1ncnc2c1ccn2C1CC(C(O)c2cc(F)c(F)c(F)c2)[C@@H](O)[C@H]1O. The van der Waals surface area contributed by atoms with Gasteiger partial charge < -0.3 is 19.9 Å². The van der Waals surface area contributed by atoms with Crippen LogP contribution in [-0.4, -0.2) is 42.1 Å². The zero-order valence-corrected chi connectivity index (χ0v) is 14.8.